The summed E-state index contributed by atoms with van der Waals surface area (Å²) in [6.45, 7) is 2.26. The molecule has 0 heterocycles. The molecule has 1 aromatic rings. The van der Waals surface area contributed by atoms with Gasteiger partial charge in [0.05, 0.1) is 0 Å². The molecule has 0 spiro atoms. The third-order valence-electron chi connectivity index (χ3n) is 2.28. The molecule has 0 amide bonds. The molecule has 1 rings (SSSR count). The van der Waals surface area contributed by atoms with Crippen molar-refractivity contribution in [2.24, 2.45) is 5.92 Å². The van der Waals surface area contributed by atoms with Crippen LogP contribution in [-0.2, 0) is 6.42 Å². The lowest BCUT2D eigenvalue weighted by Crippen LogP contribution is -1.98. The summed E-state index contributed by atoms with van der Waals surface area (Å²) in [5, 5.41) is 0. The standard InChI is InChI=1S/C12H16Cl/c1-11(9-10-13)7-8-12-5-3-2-4-6-12/h2-5,11H,7-10H2,1H3. The van der Waals surface area contributed by atoms with E-state index in [2.05, 4.69) is 25.1 Å². The smallest absolute Gasteiger partial charge is 0.0225 e. The molecule has 0 N–H and O–H groups in total. The lowest BCUT2D eigenvalue weighted by atomic mass is 9.99. The van der Waals surface area contributed by atoms with Gasteiger partial charge in [-0.3, -0.25) is 0 Å². The average Bonchev–Trinajstić information content (AvgIpc) is 2.17. The van der Waals surface area contributed by atoms with Crippen molar-refractivity contribution in [3.05, 3.63) is 35.9 Å². The van der Waals surface area contributed by atoms with E-state index in [-0.39, 0.29) is 0 Å². The van der Waals surface area contributed by atoms with Crippen LogP contribution < -0.4 is 0 Å². The fourth-order valence-electron chi connectivity index (χ4n) is 1.32. The summed E-state index contributed by atoms with van der Waals surface area (Å²) >= 11 is 5.67. The summed E-state index contributed by atoms with van der Waals surface area (Å²) in [5.74, 6) is 1.51. The van der Waals surface area contributed by atoms with Crippen molar-refractivity contribution in [3.63, 3.8) is 0 Å². The van der Waals surface area contributed by atoms with Crippen LogP contribution in [0.25, 0.3) is 0 Å². The maximum absolute atomic E-state index is 5.67. The third-order valence-corrected chi connectivity index (χ3v) is 2.50. The number of alkyl halides is 1. The second kappa shape index (κ2) is 6.04. The Kier molecular flexibility index (Phi) is 4.92. The van der Waals surface area contributed by atoms with Crippen LogP contribution in [0, 0.1) is 12.0 Å². The Morgan fingerprint density at radius 2 is 2.23 bits per heavy atom. The van der Waals surface area contributed by atoms with Crippen molar-refractivity contribution in [2.45, 2.75) is 26.2 Å². The zero-order valence-corrected chi connectivity index (χ0v) is 8.85. The molecular formula is C12H16Cl. The van der Waals surface area contributed by atoms with Crippen LogP contribution in [0.5, 0.6) is 0 Å². The lowest BCUT2D eigenvalue weighted by molar-refractivity contribution is 0.519. The first-order valence-electron chi connectivity index (χ1n) is 4.84. The summed E-state index contributed by atoms with van der Waals surface area (Å²) in [5.41, 5.74) is 1.31. The normalized spacial score (nSPS) is 12.8. The van der Waals surface area contributed by atoms with Crippen molar-refractivity contribution in [1.82, 2.24) is 0 Å². The van der Waals surface area contributed by atoms with E-state index in [4.69, 9.17) is 11.6 Å². The zero-order valence-electron chi connectivity index (χ0n) is 8.09. The van der Waals surface area contributed by atoms with Crippen molar-refractivity contribution in [2.75, 3.05) is 5.88 Å². The molecule has 0 saturated carbocycles. The second-order valence-corrected chi connectivity index (χ2v) is 3.89. The van der Waals surface area contributed by atoms with E-state index in [1.54, 1.807) is 0 Å². The Morgan fingerprint density at radius 3 is 2.85 bits per heavy atom. The highest BCUT2D eigenvalue weighted by atomic mass is 35.5. The van der Waals surface area contributed by atoms with Gasteiger partial charge >= 0.3 is 0 Å². The number of aryl methyl sites for hydroxylation is 1. The Bertz CT molecular complexity index is 218. The van der Waals surface area contributed by atoms with Gasteiger partial charge in [-0.1, -0.05) is 31.2 Å². The van der Waals surface area contributed by atoms with Gasteiger partial charge in [0.25, 0.3) is 0 Å². The van der Waals surface area contributed by atoms with E-state index in [0.29, 0.717) is 0 Å². The van der Waals surface area contributed by atoms with Crippen molar-refractivity contribution >= 4 is 11.6 Å². The predicted octanol–water partition coefficient (Wildman–Crippen LogP) is 3.68. The predicted molar refractivity (Wildman–Crippen MR) is 58.1 cm³/mol. The largest absolute Gasteiger partial charge is 0.127 e. The fourth-order valence-corrected chi connectivity index (χ4v) is 1.69. The molecule has 0 aliphatic carbocycles. The number of benzene rings is 1. The van der Waals surface area contributed by atoms with Crippen LogP contribution in [-0.4, -0.2) is 5.88 Å². The molecule has 1 aromatic carbocycles. The summed E-state index contributed by atoms with van der Waals surface area (Å²) in [7, 11) is 0. The topological polar surface area (TPSA) is 0 Å². The van der Waals surface area contributed by atoms with Crippen molar-refractivity contribution in [1.29, 1.82) is 0 Å². The van der Waals surface area contributed by atoms with Gasteiger partial charge in [0, 0.05) is 5.88 Å². The number of hydrogen-bond donors (Lipinski definition) is 0. The summed E-state index contributed by atoms with van der Waals surface area (Å²) in [4.78, 5) is 0. The van der Waals surface area contributed by atoms with E-state index < -0.39 is 0 Å². The SMILES string of the molecule is CC(CCCl)CCc1[c]cccc1. The molecule has 0 aromatic heterocycles. The molecule has 71 valence electrons. The molecule has 0 fully saturated rings. The maximum Gasteiger partial charge on any atom is 0.0225 e. The van der Waals surface area contributed by atoms with Gasteiger partial charge in [0.1, 0.15) is 0 Å². The van der Waals surface area contributed by atoms with Crippen LogP contribution in [0.2, 0.25) is 0 Å². The minimum Gasteiger partial charge on any atom is -0.127 e. The monoisotopic (exact) mass is 195 g/mol. The van der Waals surface area contributed by atoms with Crippen LogP contribution in [0.4, 0.5) is 0 Å². The first-order chi connectivity index (χ1) is 6.33. The molecular weight excluding hydrogens is 180 g/mol. The van der Waals surface area contributed by atoms with Crippen molar-refractivity contribution in [3.8, 4) is 0 Å². The quantitative estimate of drug-likeness (QED) is 0.629. The second-order valence-electron chi connectivity index (χ2n) is 3.51. The van der Waals surface area contributed by atoms with Gasteiger partial charge in [0.15, 0.2) is 0 Å². The number of hydrogen-bond acceptors (Lipinski definition) is 0. The van der Waals surface area contributed by atoms with E-state index in [9.17, 15) is 0 Å². The molecule has 0 bridgehead atoms. The van der Waals surface area contributed by atoms with Gasteiger partial charge < -0.3 is 0 Å². The average molecular weight is 196 g/mol. The zero-order chi connectivity index (χ0) is 9.52. The summed E-state index contributed by atoms with van der Waals surface area (Å²) < 4.78 is 0. The van der Waals surface area contributed by atoms with Crippen LogP contribution >= 0.6 is 11.6 Å². The van der Waals surface area contributed by atoms with E-state index in [0.717, 1.165) is 24.6 Å². The summed E-state index contributed by atoms with van der Waals surface area (Å²) in [6.07, 6.45) is 3.46. The Hall–Kier alpha value is -0.490. The molecule has 0 aliphatic heterocycles. The lowest BCUT2D eigenvalue weighted by Gasteiger charge is -2.08. The molecule has 0 saturated heterocycles. The molecule has 0 aliphatic rings. The number of rotatable bonds is 5. The fraction of sp³-hybridized carbons (Fsp3) is 0.500. The summed E-state index contributed by atoms with van der Waals surface area (Å²) in [6, 6.07) is 11.4. The molecule has 1 unspecified atom stereocenters. The van der Waals surface area contributed by atoms with E-state index in [1.165, 1.54) is 12.0 Å². The van der Waals surface area contributed by atoms with Gasteiger partial charge in [-0.05, 0) is 36.8 Å². The Balaban J connectivity index is 2.27. The van der Waals surface area contributed by atoms with Gasteiger partial charge in [-0.25, -0.2) is 0 Å². The highest BCUT2D eigenvalue weighted by Crippen LogP contribution is 2.12. The number of halogens is 1. The highest BCUT2D eigenvalue weighted by molar-refractivity contribution is 6.17. The molecule has 0 nitrogen and oxygen atoms in total. The molecule has 1 atom stereocenters. The van der Waals surface area contributed by atoms with Gasteiger partial charge in [-0.15, -0.1) is 11.6 Å². The minimum atomic E-state index is 0.728. The Morgan fingerprint density at radius 1 is 1.38 bits per heavy atom. The van der Waals surface area contributed by atoms with Crippen LogP contribution in [0.1, 0.15) is 25.3 Å². The Labute approximate surface area is 85.9 Å². The first kappa shape index (κ1) is 10.6. The van der Waals surface area contributed by atoms with Gasteiger partial charge in [-0.2, -0.15) is 0 Å². The molecule has 1 heteroatoms. The van der Waals surface area contributed by atoms with Gasteiger partial charge in [0.2, 0.25) is 0 Å². The van der Waals surface area contributed by atoms with E-state index >= 15 is 0 Å². The van der Waals surface area contributed by atoms with Crippen LogP contribution in [0.15, 0.2) is 24.3 Å². The highest BCUT2D eigenvalue weighted by Gasteiger charge is 2.01. The van der Waals surface area contributed by atoms with Crippen molar-refractivity contribution < 1.29 is 0 Å². The maximum atomic E-state index is 5.67. The van der Waals surface area contributed by atoms with Crippen LogP contribution in [0.3, 0.4) is 0 Å². The molecule has 1 radical (unpaired) electrons. The van der Waals surface area contributed by atoms with E-state index in [1.807, 2.05) is 12.1 Å². The minimum absolute atomic E-state index is 0.728. The molecule has 13 heavy (non-hydrogen) atoms. The third kappa shape index (κ3) is 4.33. The first-order valence-corrected chi connectivity index (χ1v) is 5.38.